The highest BCUT2D eigenvalue weighted by atomic mass is 127. The summed E-state index contributed by atoms with van der Waals surface area (Å²) < 4.78 is 20.5. The molecule has 0 bridgehead atoms. The van der Waals surface area contributed by atoms with Crippen molar-refractivity contribution in [2.75, 3.05) is 39.8 Å². The van der Waals surface area contributed by atoms with Gasteiger partial charge >= 0.3 is 0 Å². The first-order chi connectivity index (χ1) is 14.0. The summed E-state index contributed by atoms with van der Waals surface area (Å²) >= 11 is 0. The van der Waals surface area contributed by atoms with Gasteiger partial charge in [-0.3, -0.25) is 14.5 Å². The lowest BCUT2D eigenvalue weighted by Crippen LogP contribution is -2.49. The number of morpholine rings is 1. The Hall–Kier alpha value is -2.21. The summed E-state index contributed by atoms with van der Waals surface area (Å²) in [5.41, 5.74) is 1.82. The summed E-state index contributed by atoms with van der Waals surface area (Å²) in [5.74, 6) is 0.366. The molecule has 1 atom stereocenters. The molecule has 1 aliphatic heterocycles. The number of aromatic nitrogens is 2. The molecule has 1 aliphatic rings. The van der Waals surface area contributed by atoms with Crippen LogP contribution < -0.4 is 10.6 Å². The summed E-state index contributed by atoms with van der Waals surface area (Å²) in [6, 6.07) is 5.95. The Balaban J connectivity index is 0.00000320. The first kappa shape index (κ1) is 24.1. The third-order valence-electron chi connectivity index (χ3n) is 4.68. The molecule has 1 aromatic carbocycles. The van der Waals surface area contributed by atoms with Crippen molar-refractivity contribution in [3.05, 3.63) is 53.6 Å². The molecule has 30 heavy (non-hydrogen) atoms. The van der Waals surface area contributed by atoms with Crippen LogP contribution in [0.1, 0.15) is 17.2 Å². The highest BCUT2D eigenvalue weighted by Gasteiger charge is 2.25. The molecule has 1 aromatic heterocycles. The van der Waals surface area contributed by atoms with Crippen LogP contribution in [-0.2, 0) is 23.0 Å². The Morgan fingerprint density at radius 3 is 2.70 bits per heavy atom. The maximum absolute atomic E-state index is 12.9. The van der Waals surface area contributed by atoms with Crippen molar-refractivity contribution < 1.29 is 13.9 Å². The van der Waals surface area contributed by atoms with Gasteiger partial charge in [0.2, 0.25) is 5.91 Å². The molecule has 1 unspecified atom stereocenters. The molecular formula is C20H28FIN6O2. The third-order valence-corrected chi connectivity index (χ3v) is 4.68. The van der Waals surface area contributed by atoms with Gasteiger partial charge in [-0.25, -0.2) is 4.39 Å². The molecule has 0 saturated carbocycles. The summed E-state index contributed by atoms with van der Waals surface area (Å²) in [5, 5.41) is 10.3. The van der Waals surface area contributed by atoms with E-state index in [1.54, 1.807) is 23.9 Å². The number of carbonyl (C=O) groups excluding carboxylic acids is 1. The fourth-order valence-electron chi connectivity index (χ4n) is 3.21. The molecule has 3 rings (SSSR count). The summed E-state index contributed by atoms with van der Waals surface area (Å²) in [4.78, 5) is 18.5. The maximum Gasteiger partial charge on any atom is 0.224 e. The second-order valence-electron chi connectivity index (χ2n) is 6.88. The van der Waals surface area contributed by atoms with Gasteiger partial charge < -0.3 is 20.3 Å². The van der Waals surface area contributed by atoms with Crippen LogP contribution in [0.4, 0.5) is 4.39 Å². The average Bonchev–Trinajstić information content (AvgIpc) is 3.16. The van der Waals surface area contributed by atoms with E-state index in [0.29, 0.717) is 26.2 Å². The molecular weight excluding hydrogens is 502 g/mol. The number of amides is 1. The smallest absolute Gasteiger partial charge is 0.224 e. The Morgan fingerprint density at radius 2 is 2.03 bits per heavy atom. The fraction of sp³-hybridized carbons (Fsp3) is 0.450. The van der Waals surface area contributed by atoms with Crippen molar-refractivity contribution in [1.82, 2.24) is 25.3 Å². The summed E-state index contributed by atoms with van der Waals surface area (Å²) in [7, 11) is 3.62. The minimum absolute atomic E-state index is 0. The van der Waals surface area contributed by atoms with E-state index < -0.39 is 0 Å². The van der Waals surface area contributed by atoms with Crippen molar-refractivity contribution in [2.45, 2.75) is 12.5 Å². The van der Waals surface area contributed by atoms with Crippen molar-refractivity contribution in [2.24, 2.45) is 12.0 Å². The van der Waals surface area contributed by atoms with Crippen LogP contribution in [0.2, 0.25) is 0 Å². The van der Waals surface area contributed by atoms with Gasteiger partial charge in [-0.1, -0.05) is 12.1 Å². The van der Waals surface area contributed by atoms with E-state index in [2.05, 4.69) is 25.6 Å². The van der Waals surface area contributed by atoms with Crippen molar-refractivity contribution in [3.63, 3.8) is 0 Å². The van der Waals surface area contributed by atoms with E-state index in [-0.39, 0.29) is 48.2 Å². The monoisotopic (exact) mass is 530 g/mol. The van der Waals surface area contributed by atoms with Crippen LogP contribution in [0, 0.1) is 5.82 Å². The van der Waals surface area contributed by atoms with Gasteiger partial charge in [0.15, 0.2) is 5.96 Å². The van der Waals surface area contributed by atoms with Gasteiger partial charge in [0.25, 0.3) is 0 Å². The average molecular weight is 530 g/mol. The van der Waals surface area contributed by atoms with Gasteiger partial charge in [-0.05, 0) is 17.7 Å². The van der Waals surface area contributed by atoms with Gasteiger partial charge in [-0.15, -0.1) is 24.0 Å². The first-order valence-corrected chi connectivity index (χ1v) is 9.62. The molecule has 0 spiro atoms. The number of nitrogens with one attached hydrogen (secondary N) is 2. The molecule has 8 nitrogen and oxygen atoms in total. The zero-order chi connectivity index (χ0) is 20.6. The predicted molar refractivity (Wildman–Crippen MR) is 123 cm³/mol. The maximum atomic E-state index is 12.9. The topological polar surface area (TPSA) is 83.8 Å². The van der Waals surface area contributed by atoms with Crippen molar-refractivity contribution in [3.8, 4) is 0 Å². The molecule has 164 valence electrons. The Morgan fingerprint density at radius 1 is 1.30 bits per heavy atom. The lowest BCUT2D eigenvalue weighted by atomic mass is 10.1. The number of halogens is 2. The number of nitrogens with zero attached hydrogens (tertiary/aromatic N) is 4. The second-order valence-corrected chi connectivity index (χ2v) is 6.88. The van der Waals surface area contributed by atoms with E-state index in [1.165, 1.54) is 12.1 Å². The number of benzene rings is 1. The number of aryl methyl sites for hydroxylation is 1. The zero-order valence-corrected chi connectivity index (χ0v) is 19.5. The SMILES string of the molecule is CN=C(NCCNC(=O)Cc1ccc(F)cc1)N1CCOC(c2cnn(C)c2)C1.I. The van der Waals surface area contributed by atoms with Crippen LogP contribution in [0.5, 0.6) is 0 Å². The summed E-state index contributed by atoms with van der Waals surface area (Å²) in [6.45, 7) is 3.05. The van der Waals surface area contributed by atoms with Gasteiger partial charge in [0, 0.05) is 45.5 Å². The number of rotatable bonds is 6. The Bertz CT molecular complexity index is 842. The van der Waals surface area contributed by atoms with E-state index >= 15 is 0 Å². The van der Waals surface area contributed by atoms with E-state index in [0.717, 1.165) is 23.6 Å². The lowest BCUT2D eigenvalue weighted by Gasteiger charge is -2.34. The molecule has 10 heteroatoms. The highest BCUT2D eigenvalue weighted by molar-refractivity contribution is 14.0. The van der Waals surface area contributed by atoms with Crippen molar-refractivity contribution >= 4 is 35.8 Å². The Kier molecular flexibility index (Phi) is 9.50. The van der Waals surface area contributed by atoms with Crippen LogP contribution in [-0.4, -0.2) is 66.4 Å². The third kappa shape index (κ3) is 6.94. The first-order valence-electron chi connectivity index (χ1n) is 9.62. The van der Waals surface area contributed by atoms with Crippen LogP contribution >= 0.6 is 24.0 Å². The number of ether oxygens (including phenoxy) is 1. The molecule has 1 fully saturated rings. The van der Waals surface area contributed by atoms with Crippen molar-refractivity contribution in [1.29, 1.82) is 0 Å². The van der Waals surface area contributed by atoms with Gasteiger partial charge in [0.1, 0.15) is 11.9 Å². The molecule has 2 N–H and O–H groups in total. The fourth-order valence-corrected chi connectivity index (χ4v) is 3.21. The number of hydrogen-bond acceptors (Lipinski definition) is 4. The highest BCUT2D eigenvalue weighted by Crippen LogP contribution is 2.21. The van der Waals surface area contributed by atoms with Gasteiger partial charge in [-0.2, -0.15) is 5.10 Å². The molecule has 0 aliphatic carbocycles. The molecule has 1 saturated heterocycles. The minimum Gasteiger partial charge on any atom is -0.370 e. The summed E-state index contributed by atoms with van der Waals surface area (Å²) in [6.07, 6.45) is 3.96. The van der Waals surface area contributed by atoms with Crippen LogP contribution in [0.15, 0.2) is 41.7 Å². The second kappa shape index (κ2) is 11.8. The Labute approximate surface area is 192 Å². The van der Waals surface area contributed by atoms with E-state index in [1.807, 2.05) is 19.4 Å². The number of aliphatic imine (C=N–C) groups is 1. The molecule has 1 amide bonds. The van der Waals surface area contributed by atoms with Gasteiger partial charge in [0.05, 0.1) is 25.8 Å². The minimum atomic E-state index is -0.307. The molecule has 2 aromatic rings. The predicted octanol–water partition coefficient (Wildman–Crippen LogP) is 1.48. The molecule has 0 radical (unpaired) electrons. The van der Waals surface area contributed by atoms with Crippen LogP contribution in [0.3, 0.4) is 0 Å². The van der Waals surface area contributed by atoms with E-state index in [9.17, 15) is 9.18 Å². The number of carbonyl (C=O) groups is 1. The molecule has 2 heterocycles. The lowest BCUT2D eigenvalue weighted by molar-refractivity contribution is -0.120. The zero-order valence-electron chi connectivity index (χ0n) is 17.2. The quantitative estimate of drug-likeness (QED) is 0.256. The normalized spacial score (nSPS) is 16.7. The standard InChI is InChI=1S/C20H27FN6O2.HI/c1-22-20(27-9-10-29-18(14-27)16-12-25-26(2)13-16)24-8-7-23-19(28)11-15-3-5-17(21)6-4-15;/h3-6,12-13,18H,7-11,14H2,1-2H3,(H,22,24)(H,23,28);1H. The number of guanidine groups is 1. The number of hydrogen-bond donors (Lipinski definition) is 2. The van der Waals surface area contributed by atoms with E-state index in [4.69, 9.17) is 4.74 Å². The largest absolute Gasteiger partial charge is 0.370 e. The van der Waals surface area contributed by atoms with Crippen LogP contribution in [0.25, 0.3) is 0 Å².